The van der Waals surface area contributed by atoms with Gasteiger partial charge in [-0.25, -0.2) is 0 Å². The molecule has 2 rings (SSSR count). The van der Waals surface area contributed by atoms with E-state index < -0.39 is 10.6 Å². The van der Waals surface area contributed by atoms with Crippen LogP contribution in [0.15, 0.2) is 0 Å². The van der Waals surface area contributed by atoms with Gasteiger partial charge in [0.2, 0.25) is 0 Å². The summed E-state index contributed by atoms with van der Waals surface area (Å²) in [6, 6.07) is 0.310. The molecule has 1 unspecified atom stereocenters. The number of nitrogens with zero attached hydrogens (tertiary/aromatic N) is 1. The molecule has 2 aliphatic rings. The largest absolute Gasteiger partial charge is 0.379 e. The fraction of sp³-hybridized carbons (Fsp3) is 1.00. The predicted octanol–water partition coefficient (Wildman–Crippen LogP) is 0.821. The van der Waals surface area contributed by atoms with Crippen molar-refractivity contribution >= 4 is 10.6 Å². The van der Waals surface area contributed by atoms with Gasteiger partial charge < -0.3 is 10.1 Å². The molecule has 0 radical (unpaired) electrons. The highest BCUT2D eigenvalue weighted by Crippen LogP contribution is 2.45. The quantitative estimate of drug-likeness (QED) is 0.642. The number of hydrogen-bond acceptors (Lipinski definition) is 5. The molecule has 1 atom stereocenters. The third-order valence-electron chi connectivity index (χ3n) is 3.45. The summed E-state index contributed by atoms with van der Waals surface area (Å²) in [5, 5.41) is 3.42. The van der Waals surface area contributed by atoms with Crippen molar-refractivity contribution in [3.8, 4) is 0 Å². The van der Waals surface area contributed by atoms with E-state index in [1.807, 2.05) is 0 Å². The van der Waals surface area contributed by atoms with Gasteiger partial charge in [-0.15, -0.1) is 0 Å². The minimum atomic E-state index is -2.24. The molecule has 17 heavy (non-hydrogen) atoms. The molecule has 102 valence electrons. The number of rotatable bonds is 5. The molecule has 0 aromatic rings. The molecular weight excluding hydrogens is 240 g/mol. The summed E-state index contributed by atoms with van der Waals surface area (Å²) in [4.78, 5) is 2.42. The molecule has 6 heteroatoms. The van der Waals surface area contributed by atoms with Crippen molar-refractivity contribution in [2.75, 3.05) is 50.9 Å². The van der Waals surface area contributed by atoms with Gasteiger partial charge >= 0.3 is 0 Å². The van der Waals surface area contributed by atoms with Crippen molar-refractivity contribution < 1.29 is 13.8 Å². The molecule has 0 bridgehead atoms. The molecular formula is C11H24N2O3S. The maximum Gasteiger partial charge on any atom is 0.0594 e. The highest BCUT2D eigenvalue weighted by atomic mass is 32.3. The van der Waals surface area contributed by atoms with Gasteiger partial charge in [0.25, 0.3) is 0 Å². The number of hydrogen-bond donors (Lipinski definition) is 3. The average Bonchev–Trinajstić information content (AvgIpc) is 2.66. The molecule has 5 nitrogen and oxygen atoms in total. The zero-order chi connectivity index (χ0) is 12.1. The Balaban J connectivity index is 1.51. The Morgan fingerprint density at radius 2 is 2.06 bits per heavy atom. The van der Waals surface area contributed by atoms with Crippen LogP contribution in [-0.2, 0) is 4.74 Å². The van der Waals surface area contributed by atoms with E-state index in [1.165, 1.54) is 0 Å². The maximum absolute atomic E-state index is 9.50. The van der Waals surface area contributed by atoms with Gasteiger partial charge in [-0.3, -0.25) is 14.0 Å². The van der Waals surface area contributed by atoms with Crippen LogP contribution < -0.4 is 5.32 Å². The lowest BCUT2D eigenvalue weighted by atomic mass is 10.2. The van der Waals surface area contributed by atoms with E-state index in [1.54, 1.807) is 0 Å². The van der Waals surface area contributed by atoms with E-state index >= 15 is 0 Å². The van der Waals surface area contributed by atoms with Gasteiger partial charge in [-0.05, 0) is 25.9 Å². The third-order valence-corrected chi connectivity index (χ3v) is 5.27. The smallest absolute Gasteiger partial charge is 0.0594 e. The molecule has 2 saturated heterocycles. The van der Waals surface area contributed by atoms with Crippen LogP contribution >= 0.6 is 10.6 Å². The topological polar surface area (TPSA) is 65.0 Å². The number of ether oxygens (including phenoxy) is 1. The fourth-order valence-corrected chi connectivity index (χ4v) is 4.17. The van der Waals surface area contributed by atoms with Crippen molar-refractivity contribution in [3.05, 3.63) is 0 Å². The first-order valence-electron chi connectivity index (χ1n) is 6.43. The van der Waals surface area contributed by atoms with E-state index in [0.717, 1.165) is 52.2 Å². The molecule has 0 aromatic carbocycles. The van der Waals surface area contributed by atoms with Crippen LogP contribution in [0, 0.1) is 0 Å². The second-order valence-corrected chi connectivity index (χ2v) is 7.27. The molecule has 0 saturated carbocycles. The molecule has 0 aliphatic carbocycles. The van der Waals surface area contributed by atoms with Crippen molar-refractivity contribution in [2.45, 2.75) is 18.9 Å². The second-order valence-electron chi connectivity index (χ2n) is 4.92. The normalized spacial score (nSPS) is 31.5. The van der Waals surface area contributed by atoms with Gasteiger partial charge in [0.1, 0.15) is 0 Å². The molecule has 0 amide bonds. The van der Waals surface area contributed by atoms with Gasteiger partial charge in [-0.1, -0.05) is 0 Å². The highest BCUT2D eigenvalue weighted by molar-refractivity contribution is 8.24. The third kappa shape index (κ3) is 4.73. The van der Waals surface area contributed by atoms with Crippen molar-refractivity contribution in [1.82, 2.24) is 10.2 Å². The standard InChI is InChI=1S/C11H24N2O3S/c14-17(15)9-2-11(10-17)12-3-1-4-13-5-7-16-8-6-13/h11-12,14-15H,1-10H2. The first kappa shape index (κ1) is 13.6. The lowest BCUT2D eigenvalue weighted by molar-refractivity contribution is 0.0374. The van der Waals surface area contributed by atoms with Gasteiger partial charge in [0.05, 0.1) is 19.0 Å². The van der Waals surface area contributed by atoms with Gasteiger partial charge in [0, 0.05) is 24.9 Å². The Hall–Kier alpha value is 0.150. The van der Waals surface area contributed by atoms with Crippen LogP contribution in [0.3, 0.4) is 0 Å². The van der Waals surface area contributed by atoms with Gasteiger partial charge in [0.15, 0.2) is 0 Å². The zero-order valence-corrected chi connectivity index (χ0v) is 11.1. The average molecular weight is 264 g/mol. The first-order chi connectivity index (χ1) is 8.16. The van der Waals surface area contributed by atoms with E-state index in [9.17, 15) is 9.11 Å². The Kier molecular flexibility index (Phi) is 5.08. The van der Waals surface area contributed by atoms with Crippen LogP contribution in [-0.4, -0.2) is 70.9 Å². The predicted molar refractivity (Wildman–Crippen MR) is 70.9 cm³/mol. The maximum atomic E-state index is 9.50. The van der Waals surface area contributed by atoms with E-state index in [0.29, 0.717) is 17.5 Å². The molecule has 0 aromatic heterocycles. The summed E-state index contributed by atoms with van der Waals surface area (Å²) in [7, 11) is -2.24. The minimum absolute atomic E-state index is 0.310. The Labute approximate surface area is 105 Å². The summed E-state index contributed by atoms with van der Waals surface area (Å²) in [6.45, 7) is 5.89. The van der Waals surface area contributed by atoms with Crippen molar-refractivity contribution in [3.63, 3.8) is 0 Å². The fourth-order valence-electron chi connectivity index (χ4n) is 2.41. The molecule has 2 fully saturated rings. The summed E-state index contributed by atoms with van der Waals surface area (Å²) in [5.74, 6) is 1.12. The van der Waals surface area contributed by atoms with Crippen LogP contribution in [0.5, 0.6) is 0 Å². The van der Waals surface area contributed by atoms with Crippen LogP contribution in [0.1, 0.15) is 12.8 Å². The van der Waals surface area contributed by atoms with Crippen LogP contribution in [0.2, 0.25) is 0 Å². The van der Waals surface area contributed by atoms with Crippen LogP contribution in [0.4, 0.5) is 0 Å². The van der Waals surface area contributed by atoms with E-state index in [-0.39, 0.29) is 0 Å². The molecule has 2 aliphatic heterocycles. The van der Waals surface area contributed by atoms with Crippen LogP contribution in [0.25, 0.3) is 0 Å². The Morgan fingerprint density at radius 1 is 1.29 bits per heavy atom. The summed E-state index contributed by atoms with van der Waals surface area (Å²) in [5.41, 5.74) is 0. The van der Waals surface area contributed by atoms with E-state index in [2.05, 4.69) is 10.2 Å². The van der Waals surface area contributed by atoms with Crippen molar-refractivity contribution in [2.24, 2.45) is 0 Å². The molecule has 3 N–H and O–H groups in total. The van der Waals surface area contributed by atoms with E-state index in [4.69, 9.17) is 4.74 Å². The monoisotopic (exact) mass is 264 g/mol. The Morgan fingerprint density at radius 3 is 2.71 bits per heavy atom. The minimum Gasteiger partial charge on any atom is -0.379 e. The summed E-state index contributed by atoms with van der Waals surface area (Å²) in [6.07, 6.45) is 2.02. The highest BCUT2D eigenvalue weighted by Gasteiger charge is 2.27. The first-order valence-corrected chi connectivity index (χ1v) is 8.31. The Bertz CT molecular complexity index is 235. The van der Waals surface area contributed by atoms with Gasteiger partial charge in [-0.2, -0.15) is 10.6 Å². The summed E-state index contributed by atoms with van der Waals surface area (Å²) < 4.78 is 24.3. The SMILES string of the molecule is OS1(O)CCC(NCCCN2CCOCC2)C1. The molecule has 0 spiro atoms. The number of nitrogens with one attached hydrogen (secondary N) is 1. The second kappa shape index (κ2) is 6.36. The van der Waals surface area contributed by atoms with Crippen molar-refractivity contribution in [1.29, 1.82) is 0 Å². The lowest BCUT2D eigenvalue weighted by Gasteiger charge is -2.27. The zero-order valence-electron chi connectivity index (χ0n) is 10.3. The number of morpholine rings is 1. The summed E-state index contributed by atoms with van der Waals surface area (Å²) >= 11 is 0. The lowest BCUT2D eigenvalue weighted by Crippen LogP contribution is -2.38. The molecule has 2 heterocycles.